The van der Waals surface area contributed by atoms with Crippen molar-refractivity contribution in [2.75, 3.05) is 7.11 Å². The van der Waals surface area contributed by atoms with Crippen molar-refractivity contribution in [3.63, 3.8) is 0 Å². The Hall–Kier alpha value is -1.97. The fraction of sp³-hybridized carbons (Fsp3) is 0.357. The van der Waals surface area contributed by atoms with Crippen molar-refractivity contribution in [1.82, 2.24) is 4.57 Å². The smallest absolute Gasteiger partial charge is 0.421 e. The molecule has 0 amide bonds. The molecule has 18 heavy (non-hydrogen) atoms. The standard InChI is InChI=1S/C14H17NO3/c1-14(2,3)18-13(16)15-11-8-6-5-7-10(11)9-12(15)17-4/h5-9H,1-4H3. The van der Waals surface area contributed by atoms with Gasteiger partial charge in [-0.25, -0.2) is 9.36 Å². The van der Waals surface area contributed by atoms with Gasteiger partial charge in [-0.05, 0) is 26.8 Å². The van der Waals surface area contributed by atoms with Gasteiger partial charge in [-0.2, -0.15) is 0 Å². The van der Waals surface area contributed by atoms with Crippen molar-refractivity contribution in [2.45, 2.75) is 26.4 Å². The molecule has 2 aromatic rings. The van der Waals surface area contributed by atoms with Crippen LogP contribution in [0.2, 0.25) is 0 Å². The minimum atomic E-state index is -0.534. The quantitative estimate of drug-likeness (QED) is 0.775. The molecule has 4 nitrogen and oxygen atoms in total. The van der Waals surface area contributed by atoms with Crippen molar-refractivity contribution in [3.05, 3.63) is 30.3 Å². The van der Waals surface area contributed by atoms with Crippen molar-refractivity contribution >= 4 is 17.0 Å². The molecule has 4 heteroatoms. The molecular formula is C14H17NO3. The molecule has 0 radical (unpaired) electrons. The van der Waals surface area contributed by atoms with Crippen LogP contribution in [-0.2, 0) is 4.74 Å². The minimum Gasteiger partial charge on any atom is -0.482 e. The van der Waals surface area contributed by atoms with Gasteiger partial charge in [0.15, 0.2) is 0 Å². The summed E-state index contributed by atoms with van der Waals surface area (Å²) in [6, 6.07) is 9.41. The number of rotatable bonds is 1. The number of para-hydroxylation sites is 1. The van der Waals surface area contributed by atoms with Gasteiger partial charge in [0.25, 0.3) is 0 Å². The number of hydrogen-bond donors (Lipinski definition) is 0. The first-order valence-electron chi connectivity index (χ1n) is 5.80. The maximum absolute atomic E-state index is 12.2. The highest BCUT2D eigenvalue weighted by Gasteiger charge is 2.22. The Morgan fingerprint density at radius 1 is 1.22 bits per heavy atom. The van der Waals surface area contributed by atoms with Crippen LogP contribution in [0.4, 0.5) is 4.79 Å². The molecular weight excluding hydrogens is 230 g/mol. The highest BCUT2D eigenvalue weighted by molar-refractivity contribution is 5.92. The molecule has 0 aliphatic carbocycles. The largest absolute Gasteiger partial charge is 0.482 e. The summed E-state index contributed by atoms with van der Waals surface area (Å²) in [6.45, 7) is 5.51. The summed E-state index contributed by atoms with van der Waals surface area (Å²) in [5.74, 6) is 0.477. The zero-order valence-corrected chi connectivity index (χ0v) is 11.1. The Morgan fingerprint density at radius 3 is 2.50 bits per heavy atom. The van der Waals surface area contributed by atoms with E-state index in [1.807, 2.05) is 51.1 Å². The van der Waals surface area contributed by atoms with Gasteiger partial charge in [-0.3, -0.25) is 0 Å². The molecule has 0 fully saturated rings. The van der Waals surface area contributed by atoms with Crippen molar-refractivity contribution < 1.29 is 14.3 Å². The Labute approximate surface area is 106 Å². The third kappa shape index (κ3) is 2.32. The van der Waals surface area contributed by atoms with E-state index in [4.69, 9.17) is 9.47 Å². The second kappa shape index (κ2) is 4.37. The van der Waals surface area contributed by atoms with E-state index in [2.05, 4.69) is 0 Å². The van der Waals surface area contributed by atoms with E-state index in [-0.39, 0.29) is 0 Å². The predicted molar refractivity (Wildman–Crippen MR) is 70.1 cm³/mol. The molecule has 0 saturated heterocycles. The molecule has 0 spiro atoms. The van der Waals surface area contributed by atoms with E-state index in [9.17, 15) is 4.79 Å². The maximum atomic E-state index is 12.2. The van der Waals surface area contributed by atoms with E-state index in [0.29, 0.717) is 5.88 Å². The molecule has 1 heterocycles. The molecule has 0 atom stereocenters. The number of carbonyl (C=O) groups excluding carboxylic acids is 1. The van der Waals surface area contributed by atoms with Gasteiger partial charge in [0.05, 0.1) is 12.6 Å². The zero-order chi connectivity index (χ0) is 13.3. The Bertz CT molecular complexity index is 578. The van der Waals surface area contributed by atoms with Crippen molar-refractivity contribution in [3.8, 4) is 5.88 Å². The van der Waals surface area contributed by atoms with Crippen molar-refractivity contribution in [2.24, 2.45) is 0 Å². The number of ether oxygens (including phenoxy) is 2. The summed E-state index contributed by atoms with van der Waals surface area (Å²) in [5, 5.41) is 0.945. The number of fused-ring (bicyclic) bond motifs is 1. The fourth-order valence-corrected chi connectivity index (χ4v) is 1.78. The molecule has 0 unspecified atom stereocenters. The summed E-state index contributed by atoms with van der Waals surface area (Å²) in [4.78, 5) is 12.2. The second-order valence-electron chi connectivity index (χ2n) is 5.06. The topological polar surface area (TPSA) is 40.5 Å². The van der Waals surface area contributed by atoms with Crippen LogP contribution in [-0.4, -0.2) is 23.4 Å². The lowest BCUT2D eigenvalue weighted by molar-refractivity contribution is 0.0532. The summed E-state index contributed by atoms with van der Waals surface area (Å²) in [7, 11) is 1.54. The van der Waals surface area contributed by atoms with Crippen LogP contribution in [0.3, 0.4) is 0 Å². The molecule has 0 saturated carbocycles. The highest BCUT2D eigenvalue weighted by atomic mass is 16.6. The average molecular weight is 247 g/mol. The third-order valence-corrected chi connectivity index (χ3v) is 2.46. The lowest BCUT2D eigenvalue weighted by atomic mass is 10.2. The first-order chi connectivity index (χ1) is 8.42. The summed E-state index contributed by atoms with van der Waals surface area (Å²) in [5.41, 5.74) is 0.247. The monoisotopic (exact) mass is 247 g/mol. The Morgan fingerprint density at radius 2 is 1.89 bits per heavy atom. The number of carbonyl (C=O) groups is 1. The molecule has 0 N–H and O–H groups in total. The predicted octanol–water partition coefficient (Wildman–Crippen LogP) is 3.43. The number of hydrogen-bond acceptors (Lipinski definition) is 3. The molecule has 1 aromatic carbocycles. The van der Waals surface area contributed by atoms with Gasteiger partial charge < -0.3 is 9.47 Å². The summed E-state index contributed by atoms with van der Waals surface area (Å²) < 4.78 is 12.0. The van der Waals surface area contributed by atoms with Crippen LogP contribution in [0, 0.1) is 0 Å². The van der Waals surface area contributed by atoms with Gasteiger partial charge in [-0.1, -0.05) is 18.2 Å². The van der Waals surface area contributed by atoms with Crippen LogP contribution >= 0.6 is 0 Å². The van der Waals surface area contributed by atoms with E-state index < -0.39 is 11.7 Å². The van der Waals surface area contributed by atoms with Crippen LogP contribution in [0.15, 0.2) is 30.3 Å². The molecule has 2 rings (SSSR count). The van der Waals surface area contributed by atoms with E-state index >= 15 is 0 Å². The number of aromatic nitrogens is 1. The molecule has 0 bridgehead atoms. The lowest BCUT2D eigenvalue weighted by Crippen LogP contribution is -2.27. The molecule has 1 aromatic heterocycles. The molecule has 0 aliphatic heterocycles. The number of nitrogens with zero attached hydrogens (tertiary/aromatic N) is 1. The van der Waals surface area contributed by atoms with E-state index in [1.165, 1.54) is 11.7 Å². The highest BCUT2D eigenvalue weighted by Crippen LogP contribution is 2.26. The summed E-state index contributed by atoms with van der Waals surface area (Å²) >= 11 is 0. The lowest BCUT2D eigenvalue weighted by Gasteiger charge is -2.20. The first-order valence-corrected chi connectivity index (χ1v) is 5.80. The van der Waals surface area contributed by atoms with Crippen LogP contribution in [0.5, 0.6) is 5.88 Å². The van der Waals surface area contributed by atoms with E-state index in [0.717, 1.165) is 10.9 Å². The van der Waals surface area contributed by atoms with Crippen LogP contribution in [0.1, 0.15) is 20.8 Å². The average Bonchev–Trinajstić information content (AvgIpc) is 2.64. The molecule has 96 valence electrons. The van der Waals surface area contributed by atoms with Crippen molar-refractivity contribution in [1.29, 1.82) is 0 Å². The first kappa shape index (κ1) is 12.5. The zero-order valence-electron chi connectivity index (χ0n) is 11.1. The maximum Gasteiger partial charge on any atom is 0.421 e. The van der Waals surface area contributed by atoms with Gasteiger partial charge in [0, 0.05) is 11.5 Å². The van der Waals surface area contributed by atoms with Crippen LogP contribution < -0.4 is 4.74 Å². The Kier molecular flexibility index (Phi) is 3.03. The Balaban J connectivity index is 2.51. The van der Waals surface area contributed by atoms with Gasteiger partial charge in [0.1, 0.15) is 5.60 Å². The fourth-order valence-electron chi connectivity index (χ4n) is 1.78. The number of methoxy groups -OCH3 is 1. The third-order valence-electron chi connectivity index (χ3n) is 2.46. The van der Waals surface area contributed by atoms with Crippen LogP contribution in [0.25, 0.3) is 10.9 Å². The normalized spacial score (nSPS) is 11.6. The SMILES string of the molecule is COc1cc2ccccc2n1C(=O)OC(C)(C)C. The second-order valence-corrected chi connectivity index (χ2v) is 5.06. The number of benzene rings is 1. The summed E-state index contributed by atoms with van der Waals surface area (Å²) in [6.07, 6.45) is -0.430. The van der Waals surface area contributed by atoms with Gasteiger partial charge in [-0.15, -0.1) is 0 Å². The minimum absolute atomic E-state index is 0.430. The van der Waals surface area contributed by atoms with E-state index in [1.54, 1.807) is 0 Å². The van der Waals surface area contributed by atoms with Gasteiger partial charge in [0.2, 0.25) is 5.88 Å². The molecule has 0 aliphatic rings. The van der Waals surface area contributed by atoms with Gasteiger partial charge >= 0.3 is 6.09 Å².